The highest BCUT2D eigenvalue weighted by Gasteiger charge is 2.41. The highest BCUT2D eigenvalue weighted by molar-refractivity contribution is 7.91. The van der Waals surface area contributed by atoms with Gasteiger partial charge < -0.3 is 15.2 Å². The number of esters is 1. The molecule has 0 fully saturated rings. The lowest BCUT2D eigenvalue weighted by molar-refractivity contribution is -0.139. The van der Waals surface area contributed by atoms with E-state index in [4.69, 9.17) is 15.2 Å². The lowest BCUT2D eigenvalue weighted by atomic mass is 9.82. The van der Waals surface area contributed by atoms with Crippen LogP contribution in [0.4, 0.5) is 13.2 Å². The molecule has 2 aromatic rings. The van der Waals surface area contributed by atoms with E-state index < -0.39 is 55.4 Å². The van der Waals surface area contributed by atoms with Crippen molar-refractivity contribution >= 4 is 15.8 Å². The SMILES string of the molecule is CCOC(=O)C1=C(C)OC(N)=C(C#N)C1c1cc(C(F)(F)F)ccc1S(=O)(=O)c1ccccc1. The number of carbonyl (C=O) groups excluding carboxylic acids is 1. The predicted molar refractivity (Wildman–Crippen MR) is 113 cm³/mol. The molecule has 0 bridgehead atoms. The van der Waals surface area contributed by atoms with Gasteiger partial charge >= 0.3 is 12.1 Å². The van der Waals surface area contributed by atoms with E-state index in [9.17, 15) is 31.6 Å². The summed E-state index contributed by atoms with van der Waals surface area (Å²) in [7, 11) is -4.36. The van der Waals surface area contributed by atoms with Gasteiger partial charge in [-0.15, -0.1) is 0 Å². The lowest BCUT2D eigenvalue weighted by Crippen LogP contribution is -2.27. The summed E-state index contributed by atoms with van der Waals surface area (Å²) in [6, 6.07) is 10.8. The number of halogens is 3. The topological polar surface area (TPSA) is 119 Å². The standard InChI is InChI=1S/C23H19F3N2O5S/c1-3-32-22(29)19-13(2)33-21(28)17(12-27)20(19)16-11-14(23(24,25)26)9-10-18(16)34(30,31)15-7-5-4-6-8-15/h4-11,20H,3,28H2,1-2H3. The summed E-state index contributed by atoms with van der Waals surface area (Å²) >= 11 is 0. The van der Waals surface area contributed by atoms with Crippen molar-refractivity contribution < 1.29 is 35.9 Å². The fourth-order valence-corrected chi connectivity index (χ4v) is 5.09. The Morgan fingerprint density at radius 3 is 2.41 bits per heavy atom. The molecule has 0 aliphatic carbocycles. The van der Waals surface area contributed by atoms with Gasteiger partial charge in [-0.25, -0.2) is 13.2 Å². The van der Waals surface area contributed by atoms with E-state index in [2.05, 4.69) is 0 Å². The number of alkyl halides is 3. The first-order valence-corrected chi connectivity index (χ1v) is 11.4. The zero-order valence-corrected chi connectivity index (χ0v) is 18.8. The first-order chi connectivity index (χ1) is 15.9. The van der Waals surface area contributed by atoms with Crippen molar-refractivity contribution in [3.8, 4) is 6.07 Å². The minimum Gasteiger partial charge on any atom is -0.463 e. The summed E-state index contributed by atoms with van der Waals surface area (Å²) in [5.74, 6) is -3.14. The molecule has 0 saturated heterocycles. The van der Waals surface area contributed by atoms with Gasteiger partial charge in [0.15, 0.2) is 0 Å². The van der Waals surface area contributed by atoms with Gasteiger partial charge in [0, 0.05) is 0 Å². The number of carbonyl (C=O) groups is 1. The smallest absolute Gasteiger partial charge is 0.416 e. The van der Waals surface area contributed by atoms with Crippen molar-refractivity contribution in [2.75, 3.05) is 6.61 Å². The molecule has 1 unspecified atom stereocenters. The molecule has 34 heavy (non-hydrogen) atoms. The Hall–Kier alpha value is -3.78. The molecule has 1 aliphatic heterocycles. The molecule has 7 nitrogen and oxygen atoms in total. The number of hydrogen-bond donors (Lipinski definition) is 1. The Labute approximate surface area is 193 Å². The number of nitrogens with zero attached hydrogens (tertiary/aromatic N) is 1. The first kappa shape index (κ1) is 24.9. The van der Waals surface area contributed by atoms with Gasteiger partial charge in [-0.1, -0.05) is 18.2 Å². The minimum absolute atomic E-state index is 0.0822. The van der Waals surface area contributed by atoms with Crippen LogP contribution in [0.1, 0.15) is 30.9 Å². The molecule has 0 amide bonds. The van der Waals surface area contributed by atoms with Crippen LogP contribution in [0.25, 0.3) is 0 Å². The van der Waals surface area contributed by atoms with Crippen LogP contribution in [-0.2, 0) is 30.3 Å². The van der Waals surface area contributed by atoms with Gasteiger partial charge in [0.25, 0.3) is 0 Å². The number of nitriles is 1. The summed E-state index contributed by atoms with van der Waals surface area (Å²) < 4.78 is 78.0. The quantitative estimate of drug-likeness (QED) is 0.622. The highest BCUT2D eigenvalue weighted by atomic mass is 32.2. The molecular weight excluding hydrogens is 473 g/mol. The Balaban J connectivity index is 2.41. The minimum atomic E-state index is -4.83. The normalized spacial score (nSPS) is 16.6. The van der Waals surface area contributed by atoms with Crippen LogP contribution in [0.5, 0.6) is 0 Å². The summed E-state index contributed by atoms with van der Waals surface area (Å²) in [5, 5.41) is 9.73. The van der Waals surface area contributed by atoms with Crippen molar-refractivity contribution in [2.45, 2.75) is 35.7 Å². The van der Waals surface area contributed by atoms with Gasteiger partial charge in [0.1, 0.15) is 17.4 Å². The molecule has 1 atom stereocenters. The van der Waals surface area contributed by atoms with Crippen molar-refractivity contribution in [1.29, 1.82) is 5.26 Å². The summed E-state index contributed by atoms with van der Waals surface area (Å²) in [6.45, 7) is 2.75. The molecule has 1 aliphatic rings. The number of allylic oxidation sites excluding steroid dienone is 2. The van der Waals surface area contributed by atoms with Crippen molar-refractivity contribution in [1.82, 2.24) is 0 Å². The zero-order valence-electron chi connectivity index (χ0n) is 18.0. The van der Waals surface area contributed by atoms with Gasteiger partial charge in [0.2, 0.25) is 15.7 Å². The number of rotatable bonds is 5. The lowest BCUT2D eigenvalue weighted by Gasteiger charge is -2.28. The number of benzene rings is 2. The third-order valence-corrected chi connectivity index (χ3v) is 6.94. The average molecular weight is 492 g/mol. The highest BCUT2D eigenvalue weighted by Crippen LogP contribution is 2.44. The molecule has 3 rings (SSSR count). The number of sulfone groups is 1. The largest absolute Gasteiger partial charge is 0.463 e. The Morgan fingerprint density at radius 1 is 1.21 bits per heavy atom. The van der Waals surface area contributed by atoms with Crippen molar-refractivity contribution in [3.63, 3.8) is 0 Å². The maximum Gasteiger partial charge on any atom is 0.416 e. The Morgan fingerprint density at radius 2 is 1.85 bits per heavy atom. The maximum atomic E-state index is 13.6. The van der Waals surface area contributed by atoms with E-state index in [-0.39, 0.29) is 22.8 Å². The van der Waals surface area contributed by atoms with Crippen LogP contribution < -0.4 is 5.73 Å². The first-order valence-electron chi connectivity index (χ1n) is 9.90. The van der Waals surface area contributed by atoms with Crippen LogP contribution in [0.2, 0.25) is 0 Å². The number of ether oxygens (including phenoxy) is 2. The van der Waals surface area contributed by atoms with E-state index in [1.165, 1.54) is 38.1 Å². The van der Waals surface area contributed by atoms with E-state index in [1.807, 2.05) is 0 Å². The molecule has 0 radical (unpaired) electrons. The van der Waals surface area contributed by atoms with Gasteiger partial charge in [0.05, 0.1) is 33.5 Å². The van der Waals surface area contributed by atoms with Gasteiger partial charge in [-0.2, -0.15) is 18.4 Å². The van der Waals surface area contributed by atoms with Gasteiger partial charge in [-0.3, -0.25) is 0 Å². The molecule has 2 N–H and O–H groups in total. The van der Waals surface area contributed by atoms with Crippen LogP contribution in [0, 0.1) is 11.3 Å². The zero-order chi connectivity index (χ0) is 25.3. The molecular formula is C23H19F3N2O5S. The second-order valence-electron chi connectivity index (χ2n) is 7.18. The van der Waals surface area contributed by atoms with Crippen LogP contribution in [0.15, 0.2) is 81.1 Å². The fraction of sp³-hybridized carbons (Fsp3) is 0.217. The van der Waals surface area contributed by atoms with Crippen molar-refractivity contribution in [3.05, 3.63) is 82.4 Å². The van der Waals surface area contributed by atoms with Crippen LogP contribution in [0.3, 0.4) is 0 Å². The summed E-state index contributed by atoms with van der Waals surface area (Å²) in [4.78, 5) is 12.1. The van der Waals surface area contributed by atoms with E-state index in [1.54, 1.807) is 12.1 Å². The fourth-order valence-electron chi connectivity index (χ4n) is 3.59. The summed E-state index contributed by atoms with van der Waals surface area (Å²) in [6.07, 6.45) is -4.83. The third-order valence-electron chi connectivity index (χ3n) is 5.09. The number of nitrogens with two attached hydrogens (primary N) is 1. The third kappa shape index (κ3) is 4.49. The molecule has 11 heteroatoms. The molecule has 1 heterocycles. The maximum absolute atomic E-state index is 13.6. The molecule has 2 aromatic carbocycles. The van der Waals surface area contributed by atoms with Gasteiger partial charge in [-0.05, 0) is 49.7 Å². The van der Waals surface area contributed by atoms with E-state index >= 15 is 0 Å². The molecule has 178 valence electrons. The second kappa shape index (κ2) is 9.23. The van der Waals surface area contributed by atoms with E-state index in [0.29, 0.717) is 12.1 Å². The average Bonchev–Trinajstić information content (AvgIpc) is 2.78. The van der Waals surface area contributed by atoms with E-state index in [0.717, 1.165) is 6.07 Å². The molecule has 0 aromatic heterocycles. The Bertz CT molecular complexity index is 1340. The summed E-state index contributed by atoms with van der Waals surface area (Å²) in [5.41, 5.74) is 3.45. The predicted octanol–water partition coefficient (Wildman–Crippen LogP) is 4.18. The monoisotopic (exact) mass is 492 g/mol. The Kier molecular flexibility index (Phi) is 6.74. The van der Waals surface area contributed by atoms with Crippen LogP contribution in [-0.4, -0.2) is 21.0 Å². The molecule has 0 saturated carbocycles. The second-order valence-corrected chi connectivity index (χ2v) is 9.10. The van der Waals surface area contributed by atoms with Crippen molar-refractivity contribution in [2.24, 2.45) is 5.73 Å². The van der Waals surface area contributed by atoms with Crippen LogP contribution >= 0.6 is 0 Å². The number of hydrogen-bond acceptors (Lipinski definition) is 7. The molecule has 0 spiro atoms.